The van der Waals surface area contributed by atoms with E-state index in [2.05, 4.69) is 6.58 Å². The van der Waals surface area contributed by atoms with Gasteiger partial charge in [-0.15, -0.1) is 6.58 Å². The number of amides is 1. The second kappa shape index (κ2) is 4.41. The maximum atomic E-state index is 11.7. The summed E-state index contributed by atoms with van der Waals surface area (Å²) >= 11 is 0. The highest BCUT2D eigenvalue weighted by molar-refractivity contribution is 5.96. The molecular weight excluding hydrogens is 218 g/mol. The van der Waals surface area contributed by atoms with E-state index < -0.39 is 5.97 Å². The molecule has 0 saturated carbocycles. The molecule has 1 aromatic rings. The van der Waals surface area contributed by atoms with Crippen molar-refractivity contribution < 1.29 is 14.7 Å². The van der Waals surface area contributed by atoms with Crippen LogP contribution in [0.15, 0.2) is 36.9 Å². The minimum atomic E-state index is -0.965. The lowest BCUT2D eigenvalue weighted by Crippen LogP contribution is -2.24. The lowest BCUT2D eigenvalue weighted by atomic mass is 10.1. The highest BCUT2D eigenvalue weighted by atomic mass is 16.4. The van der Waals surface area contributed by atoms with Crippen LogP contribution in [0.25, 0.3) is 0 Å². The van der Waals surface area contributed by atoms with Gasteiger partial charge in [-0.2, -0.15) is 0 Å². The fraction of sp³-hybridized carbons (Fsp3) is 0.231. The molecule has 1 fully saturated rings. The van der Waals surface area contributed by atoms with E-state index in [0.29, 0.717) is 13.0 Å². The van der Waals surface area contributed by atoms with Crippen LogP contribution in [-0.4, -0.2) is 23.5 Å². The second-order valence-electron chi connectivity index (χ2n) is 4.06. The van der Waals surface area contributed by atoms with Gasteiger partial charge < -0.3 is 10.0 Å². The molecule has 17 heavy (non-hydrogen) atoms. The molecule has 88 valence electrons. The Morgan fingerprint density at radius 3 is 2.53 bits per heavy atom. The normalized spacial score (nSPS) is 19.4. The third-order valence-corrected chi connectivity index (χ3v) is 2.91. The summed E-state index contributed by atoms with van der Waals surface area (Å²) in [5.74, 6) is -0.729. The molecule has 0 aromatic heterocycles. The Morgan fingerprint density at radius 1 is 1.41 bits per heavy atom. The van der Waals surface area contributed by atoms with Gasteiger partial charge >= 0.3 is 5.97 Å². The smallest absolute Gasteiger partial charge is 0.335 e. The fourth-order valence-electron chi connectivity index (χ4n) is 1.93. The van der Waals surface area contributed by atoms with E-state index in [-0.39, 0.29) is 17.4 Å². The lowest BCUT2D eigenvalue weighted by molar-refractivity contribution is -0.117. The van der Waals surface area contributed by atoms with E-state index in [0.717, 1.165) is 5.69 Å². The van der Waals surface area contributed by atoms with Crippen LogP contribution in [0, 0.1) is 5.92 Å². The molecule has 1 aliphatic heterocycles. The topological polar surface area (TPSA) is 57.6 Å². The molecule has 1 amide bonds. The quantitative estimate of drug-likeness (QED) is 0.808. The van der Waals surface area contributed by atoms with Gasteiger partial charge in [-0.3, -0.25) is 4.79 Å². The molecule has 0 aliphatic carbocycles. The molecule has 2 rings (SSSR count). The molecule has 4 heteroatoms. The van der Waals surface area contributed by atoms with Crippen molar-refractivity contribution in [2.75, 3.05) is 11.4 Å². The van der Waals surface area contributed by atoms with Crippen molar-refractivity contribution in [1.82, 2.24) is 0 Å². The average molecular weight is 231 g/mol. The number of carbonyl (C=O) groups excluding carboxylic acids is 1. The highest BCUT2D eigenvalue weighted by Crippen LogP contribution is 2.25. The van der Waals surface area contributed by atoms with Gasteiger partial charge in [0.1, 0.15) is 0 Å². The van der Waals surface area contributed by atoms with Gasteiger partial charge in [0, 0.05) is 24.6 Å². The largest absolute Gasteiger partial charge is 0.478 e. The van der Waals surface area contributed by atoms with Gasteiger partial charge in [0.25, 0.3) is 0 Å². The number of hydrogen-bond acceptors (Lipinski definition) is 2. The molecule has 1 unspecified atom stereocenters. The van der Waals surface area contributed by atoms with E-state index in [1.54, 1.807) is 23.1 Å². The number of hydrogen-bond donors (Lipinski definition) is 1. The van der Waals surface area contributed by atoms with Crippen LogP contribution in [0.2, 0.25) is 0 Å². The third kappa shape index (κ3) is 2.20. The minimum absolute atomic E-state index is 0.0537. The summed E-state index contributed by atoms with van der Waals surface area (Å²) in [6, 6.07) is 6.33. The summed E-state index contributed by atoms with van der Waals surface area (Å²) in [6.07, 6.45) is 2.26. The molecule has 1 aromatic carbocycles. The molecule has 1 atom stereocenters. The number of carboxylic acid groups (broad SMARTS) is 1. The van der Waals surface area contributed by atoms with Crippen LogP contribution in [0.3, 0.4) is 0 Å². The number of anilines is 1. The zero-order valence-corrected chi connectivity index (χ0v) is 9.30. The number of aromatic carboxylic acids is 1. The van der Waals surface area contributed by atoms with Crippen LogP contribution in [0.4, 0.5) is 5.69 Å². The van der Waals surface area contributed by atoms with Gasteiger partial charge in [0.15, 0.2) is 0 Å². The Hall–Kier alpha value is -2.10. The van der Waals surface area contributed by atoms with Crippen molar-refractivity contribution in [3.05, 3.63) is 42.5 Å². The maximum absolute atomic E-state index is 11.7. The van der Waals surface area contributed by atoms with E-state index in [1.807, 2.05) is 0 Å². The Kier molecular flexibility index (Phi) is 2.95. The van der Waals surface area contributed by atoms with Crippen LogP contribution >= 0.6 is 0 Å². The molecule has 1 saturated heterocycles. The van der Waals surface area contributed by atoms with Gasteiger partial charge in [0.05, 0.1) is 5.56 Å². The van der Waals surface area contributed by atoms with Gasteiger partial charge in [-0.25, -0.2) is 4.79 Å². The average Bonchev–Trinajstić information content (AvgIpc) is 2.71. The Bertz CT molecular complexity index is 464. The second-order valence-corrected chi connectivity index (χ2v) is 4.06. The van der Waals surface area contributed by atoms with E-state index in [9.17, 15) is 9.59 Å². The summed E-state index contributed by atoms with van der Waals surface area (Å²) in [4.78, 5) is 24.1. The minimum Gasteiger partial charge on any atom is -0.478 e. The zero-order valence-electron chi connectivity index (χ0n) is 9.30. The number of nitrogens with zero attached hydrogens (tertiary/aromatic N) is 1. The molecule has 1 heterocycles. The summed E-state index contributed by atoms with van der Waals surface area (Å²) in [6.45, 7) is 4.31. The van der Waals surface area contributed by atoms with Crippen molar-refractivity contribution in [3.63, 3.8) is 0 Å². The molecule has 0 radical (unpaired) electrons. The van der Waals surface area contributed by atoms with E-state index in [1.165, 1.54) is 12.1 Å². The lowest BCUT2D eigenvalue weighted by Gasteiger charge is -2.16. The van der Waals surface area contributed by atoms with Crippen molar-refractivity contribution in [1.29, 1.82) is 0 Å². The van der Waals surface area contributed by atoms with Gasteiger partial charge in [-0.05, 0) is 24.3 Å². The number of carboxylic acids is 1. The predicted molar refractivity (Wildman–Crippen MR) is 64.1 cm³/mol. The molecule has 4 nitrogen and oxygen atoms in total. The van der Waals surface area contributed by atoms with Crippen LogP contribution < -0.4 is 4.90 Å². The zero-order chi connectivity index (χ0) is 12.4. The first-order valence-electron chi connectivity index (χ1n) is 5.38. The summed E-state index contributed by atoms with van der Waals surface area (Å²) < 4.78 is 0. The maximum Gasteiger partial charge on any atom is 0.335 e. The molecule has 0 bridgehead atoms. The standard InChI is InChI=1S/C13H13NO3/c1-2-9-7-12(15)14(8-9)11-5-3-10(4-6-11)13(16)17/h2-6,9H,1,7-8H2,(H,16,17). The Labute approximate surface area is 99.2 Å². The van der Waals surface area contributed by atoms with Crippen LogP contribution in [-0.2, 0) is 4.79 Å². The summed E-state index contributed by atoms with van der Waals surface area (Å²) in [5, 5.41) is 8.78. The van der Waals surface area contributed by atoms with Crippen molar-refractivity contribution >= 4 is 17.6 Å². The van der Waals surface area contributed by atoms with Gasteiger partial charge in [0.2, 0.25) is 5.91 Å². The number of carbonyl (C=O) groups is 2. The van der Waals surface area contributed by atoms with Gasteiger partial charge in [-0.1, -0.05) is 6.08 Å². The Morgan fingerprint density at radius 2 is 2.06 bits per heavy atom. The molecule has 1 N–H and O–H groups in total. The first kappa shape index (κ1) is 11.4. The first-order valence-corrected chi connectivity index (χ1v) is 5.38. The fourth-order valence-corrected chi connectivity index (χ4v) is 1.93. The first-order chi connectivity index (χ1) is 8.11. The van der Waals surface area contributed by atoms with Crippen LogP contribution in [0.5, 0.6) is 0 Å². The third-order valence-electron chi connectivity index (χ3n) is 2.91. The molecular formula is C13H13NO3. The molecule has 1 aliphatic rings. The predicted octanol–water partition coefficient (Wildman–Crippen LogP) is 1.92. The van der Waals surface area contributed by atoms with Crippen molar-refractivity contribution in [2.45, 2.75) is 6.42 Å². The monoisotopic (exact) mass is 231 g/mol. The van der Waals surface area contributed by atoms with Crippen molar-refractivity contribution in [2.24, 2.45) is 5.92 Å². The van der Waals surface area contributed by atoms with E-state index in [4.69, 9.17) is 5.11 Å². The van der Waals surface area contributed by atoms with E-state index >= 15 is 0 Å². The molecule has 0 spiro atoms. The number of benzene rings is 1. The summed E-state index contributed by atoms with van der Waals surface area (Å²) in [7, 11) is 0. The Balaban J connectivity index is 2.20. The van der Waals surface area contributed by atoms with Crippen molar-refractivity contribution in [3.8, 4) is 0 Å². The SMILES string of the molecule is C=CC1CC(=O)N(c2ccc(C(=O)O)cc2)C1. The summed E-state index contributed by atoms with van der Waals surface area (Å²) in [5.41, 5.74) is 0.963. The van der Waals surface area contributed by atoms with Crippen LogP contribution in [0.1, 0.15) is 16.8 Å². The highest BCUT2D eigenvalue weighted by Gasteiger charge is 2.28. The number of rotatable bonds is 3.